The first-order valence-corrected chi connectivity index (χ1v) is 11.5. The van der Waals surface area contributed by atoms with Crippen molar-refractivity contribution in [3.8, 4) is 11.5 Å². The lowest BCUT2D eigenvalue weighted by atomic mass is 10.2. The molecule has 0 unspecified atom stereocenters. The largest absolute Gasteiger partial charge is 0.493 e. The molecule has 2 aromatic carbocycles. The molecule has 2 rings (SSSR count). The van der Waals surface area contributed by atoms with Gasteiger partial charge in [-0.3, -0.25) is 4.79 Å². The van der Waals surface area contributed by atoms with Crippen LogP contribution in [0.5, 0.6) is 11.5 Å². The molecule has 1 N–H and O–H groups in total. The van der Waals surface area contributed by atoms with Crippen LogP contribution in [-0.2, 0) is 24.3 Å². The number of benzene rings is 2. The van der Waals surface area contributed by atoms with E-state index in [4.69, 9.17) is 37.4 Å². The van der Waals surface area contributed by atoms with Crippen molar-refractivity contribution in [1.29, 1.82) is 0 Å². The Morgan fingerprint density at radius 1 is 1.06 bits per heavy atom. The third-order valence-electron chi connectivity index (χ3n) is 4.20. The van der Waals surface area contributed by atoms with Gasteiger partial charge < -0.3 is 19.5 Å². The quantitative estimate of drug-likeness (QED) is 0.401. The zero-order valence-corrected chi connectivity index (χ0v) is 20.5. The molecule has 33 heavy (non-hydrogen) atoms. The molecule has 0 heterocycles. The Bertz CT molecular complexity index is 1180. The first-order chi connectivity index (χ1) is 15.5. The van der Waals surface area contributed by atoms with Crippen molar-refractivity contribution in [1.82, 2.24) is 4.31 Å². The van der Waals surface area contributed by atoms with Crippen molar-refractivity contribution in [3.63, 3.8) is 0 Å². The molecule has 0 spiro atoms. The van der Waals surface area contributed by atoms with E-state index in [-0.39, 0.29) is 15.6 Å². The van der Waals surface area contributed by atoms with Gasteiger partial charge >= 0.3 is 5.97 Å². The number of esters is 1. The molecular weight excluding hydrogens is 495 g/mol. The number of rotatable bonds is 9. The predicted octanol–water partition coefficient (Wildman–Crippen LogP) is 3.46. The zero-order valence-electron chi connectivity index (χ0n) is 18.2. The molecule has 0 bridgehead atoms. The van der Waals surface area contributed by atoms with Crippen molar-refractivity contribution >= 4 is 56.9 Å². The minimum Gasteiger partial charge on any atom is -0.493 e. The highest BCUT2D eigenvalue weighted by Gasteiger charge is 2.19. The number of nitrogens with one attached hydrogen (secondary N) is 1. The van der Waals surface area contributed by atoms with Gasteiger partial charge in [-0.2, -0.15) is 0 Å². The van der Waals surface area contributed by atoms with Crippen LogP contribution in [0, 0.1) is 0 Å². The van der Waals surface area contributed by atoms with Crippen LogP contribution < -0.4 is 14.8 Å². The van der Waals surface area contributed by atoms with Crippen LogP contribution in [0.3, 0.4) is 0 Å². The van der Waals surface area contributed by atoms with Gasteiger partial charge in [-0.25, -0.2) is 17.5 Å². The van der Waals surface area contributed by atoms with Gasteiger partial charge in [-0.05, 0) is 42.0 Å². The number of nitrogens with zero attached hydrogens (tertiary/aromatic N) is 1. The number of hydrogen-bond acceptors (Lipinski definition) is 7. The lowest BCUT2D eigenvalue weighted by Gasteiger charge is -2.13. The van der Waals surface area contributed by atoms with E-state index in [1.54, 1.807) is 12.1 Å². The van der Waals surface area contributed by atoms with Gasteiger partial charge in [0.05, 0.1) is 34.8 Å². The second-order valence-electron chi connectivity index (χ2n) is 6.66. The third-order valence-corrected chi connectivity index (χ3v) is 6.63. The summed E-state index contributed by atoms with van der Waals surface area (Å²) >= 11 is 12.2. The van der Waals surface area contributed by atoms with E-state index in [1.807, 2.05) is 0 Å². The molecule has 0 aliphatic rings. The Balaban J connectivity index is 2.02. The van der Waals surface area contributed by atoms with Crippen molar-refractivity contribution in [2.45, 2.75) is 4.90 Å². The average Bonchev–Trinajstić information content (AvgIpc) is 2.76. The number of halogens is 2. The van der Waals surface area contributed by atoms with Gasteiger partial charge in [0.25, 0.3) is 5.91 Å². The topological polar surface area (TPSA) is 111 Å². The van der Waals surface area contributed by atoms with E-state index >= 15 is 0 Å². The van der Waals surface area contributed by atoms with Gasteiger partial charge in [0.2, 0.25) is 10.0 Å². The fourth-order valence-electron chi connectivity index (χ4n) is 2.54. The number of anilines is 1. The fourth-order valence-corrected chi connectivity index (χ4v) is 3.93. The van der Waals surface area contributed by atoms with Gasteiger partial charge in [-0.15, -0.1) is 0 Å². The molecule has 0 aliphatic carbocycles. The highest BCUT2D eigenvalue weighted by molar-refractivity contribution is 7.89. The van der Waals surface area contributed by atoms with Gasteiger partial charge in [0.1, 0.15) is 0 Å². The van der Waals surface area contributed by atoms with E-state index < -0.39 is 28.5 Å². The number of carbonyl (C=O) groups excluding carboxylic acids is 2. The normalized spacial score (nSPS) is 11.5. The molecule has 0 aromatic heterocycles. The Morgan fingerprint density at radius 2 is 1.76 bits per heavy atom. The van der Waals surface area contributed by atoms with Crippen LogP contribution >= 0.6 is 23.2 Å². The van der Waals surface area contributed by atoms with Crippen LogP contribution in [0.15, 0.2) is 41.3 Å². The molecule has 2 aromatic rings. The van der Waals surface area contributed by atoms with Crippen LogP contribution in [0.2, 0.25) is 10.0 Å². The summed E-state index contributed by atoms with van der Waals surface area (Å²) in [7, 11) is 1.94. The maximum atomic E-state index is 12.3. The van der Waals surface area contributed by atoms with Crippen molar-refractivity contribution in [3.05, 3.63) is 52.0 Å². The van der Waals surface area contributed by atoms with Crippen LogP contribution in [-0.4, -0.2) is 59.5 Å². The molecule has 0 aliphatic heterocycles. The molecule has 9 nitrogen and oxygen atoms in total. The molecular formula is C21H22Cl2N2O7S. The summed E-state index contributed by atoms with van der Waals surface area (Å²) in [6.45, 7) is -0.614. The van der Waals surface area contributed by atoms with Crippen LogP contribution in [0.25, 0.3) is 6.08 Å². The lowest BCUT2D eigenvalue weighted by molar-refractivity contribution is -0.142. The van der Waals surface area contributed by atoms with Crippen molar-refractivity contribution in [2.75, 3.05) is 40.2 Å². The molecule has 0 saturated heterocycles. The number of methoxy groups -OCH3 is 2. The molecule has 12 heteroatoms. The Hall–Kier alpha value is -2.79. The van der Waals surface area contributed by atoms with Gasteiger partial charge in [0.15, 0.2) is 18.1 Å². The second-order valence-corrected chi connectivity index (χ2v) is 9.62. The summed E-state index contributed by atoms with van der Waals surface area (Å²) in [6, 6.07) is 7.06. The number of carbonyl (C=O) groups is 2. The van der Waals surface area contributed by atoms with E-state index in [0.717, 1.165) is 10.4 Å². The third kappa shape index (κ3) is 6.84. The van der Waals surface area contributed by atoms with E-state index in [2.05, 4.69) is 5.32 Å². The van der Waals surface area contributed by atoms with Crippen molar-refractivity contribution < 1.29 is 32.2 Å². The summed E-state index contributed by atoms with van der Waals surface area (Å²) in [5.74, 6) is -0.747. The minimum absolute atomic E-state index is 0.0549. The maximum Gasteiger partial charge on any atom is 0.331 e. The average molecular weight is 517 g/mol. The highest BCUT2D eigenvalue weighted by Crippen LogP contribution is 2.36. The molecule has 0 atom stereocenters. The Morgan fingerprint density at radius 3 is 2.36 bits per heavy atom. The maximum absolute atomic E-state index is 12.3. The Labute approximate surface area is 201 Å². The summed E-state index contributed by atoms with van der Waals surface area (Å²) in [5.41, 5.74) is 0.612. The molecule has 178 valence electrons. The lowest BCUT2D eigenvalue weighted by Crippen LogP contribution is -2.23. The standard InChI is InChI=1S/C21H22Cl2N2O7S/c1-25(2)33(28,29)14-6-7-15(22)17(11-14)24-19(26)12-32-20(27)8-5-13-9-16(23)21(31-4)18(10-13)30-3/h5-11H,12H2,1-4H3,(H,24,26). The smallest absolute Gasteiger partial charge is 0.331 e. The molecule has 1 amide bonds. The van der Waals surface area contributed by atoms with Gasteiger partial charge in [-0.1, -0.05) is 23.2 Å². The van der Waals surface area contributed by atoms with Crippen LogP contribution in [0.1, 0.15) is 5.56 Å². The SMILES string of the molecule is COc1cc(C=CC(=O)OCC(=O)Nc2cc(S(=O)(=O)N(C)C)ccc2Cl)cc(Cl)c1OC. The minimum atomic E-state index is -3.72. The van der Waals surface area contributed by atoms with Crippen LogP contribution in [0.4, 0.5) is 5.69 Å². The highest BCUT2D eigenvalue weighted by atomic mass is 35.5. The predicted molar refractivity (Wildman–Crippen MR) is 126 cm³/mol. The van der Waals surface area contributed by atoms with E-state index in [9.17, 15) is 18.0 Å². The summed E-state index contributed by atoms with van der Waals surface area (Å²) in [5, 5.41) is 2.84. The van der Waals surface area contributed by atoms with E-state index in [0.29, 0.717) is 22.1 Å². The Kier molecular flexibility index (Phi) is 9.12. The number of hydrogen-bond donors (Lipinski definition) is 1. The summed E-state index contributed by atoms with van der Waals surface area (Å²) < 4.78 is 40.8. The van der Waals surface area contributed by atoms with Gasteiger partial charge in [0, 0.05) is 20.2 Å². The first kappa shape index (κ1) is 26.5. The number of sulfonamides is 1. The molecule has 0 radical (unpaired) electrons. The number of ether oxygens (including phenoxy) is 3. The van der Waals surface area contributed by atoms with E-state index in [1.165, 1.54) is 52.6 Å². The first-order valence-electron chi connectivity index (χ1n) is 9.28. The fraction of sp³-hybridized carbons (Fsp3) is 0.238. The number of amides is 1. The molecule has 0 saturated carbocycles. The zero-order chi connectivity index (χ0) is 24.8. The monoisotopic (exact) mass is 516 g/mol. The molecule has 0 fully saturated rings. The summed E-state index contributed by atoms with van der Waals surface area (Å²) in [4.78, 5) is 24.1. The second kappa shape index (κ2) is 11.4. The van der Waals surface area contributed by atoms with Crippen molar-refractivity contribution in [2.24, 2.45) is 0 Å². The summed E-state index contributed by atoms with van der Waals surface area (Å²) in [6.07, 6.45) is 2.54.